The van der Waals surface area contributed by atoms with Gasteiger partial charge in [-0.2, -0.15) is 0 Å². The highest BCUT2D eigenvalue weighted by molar-refractivity contribution is 5.32. The van der Waals surface area contributed by atoms with Crippen LogP contribution in [-0.4, -0.2) is 6.54 Å². The summed E-state index contributed by atoms with van der Waals surface area (Å²) in [4.78, 5) is 3.50. The molecular weight excluding hydrogens is 146 g/mol. The lowest BCUT2D eigenvalue weighted by Gasteiger charge is -2.07. The zero-order chi connectivity index (χ0) is 8.44. The fourth-order valence-electron chi connectivity index (χ4n) is 1.63. The zero-order valence-electron chi connectivity index (χ0n) is 6.96. The van der Waals surface area contributed by atoms with Crippen LogP contribution in [0.15, 0.2) is 30.3 Å². The molecule has 0 unspecified atom stereocenters. The first-order valence-electron chi connectivity index (χ1n) is 4.26. The molecule has 1 aromatic carbocycles. The van der Waals surface area contributed by atoms with Gasteiger partial charge in [-0.15, -0.1) is 0 Å². The Balaban J connectivity index is 2.26. The topological polar surface area (TPSA) is 4.36 Å². The van der Waals surface area contributed by atoms with Gasteiger partial charge < -0.3 is 4.85 Å². The van der Waals surface area contributed by atoms with Gasteiger partial charge in [0.05, 0.1) is 5.41 Å². The fourth-order valence-corrected chi connectivity index (χ4v) is 1.63. The molecule has 2 rings (SSSR count). The summed E-state index contributed by atoms with van der Waals surface area (Å²) in [6, 6.07) is 10.4. The average molecular weight is 157 g/mol. The Bertz CT molecular complexity index is 304. The van der Waals surface area contributed by atoms with E-state index in [0.29, 0.717) is 6.54 Å². The first-order valence-corrected chi connectivity index (χ1v) is 4.26. The van der Waals surface area contributed by atoms with Crippen molar-refractivity contribution in [2.45, 2.75) is 18.3 Å². The third-order valence-corrected chi connectivity index (χ3v) is 2.62. The highest BCUT2D eigenvalue weighted by Crippen LogP contribution is 2.48. The lowest BCUT2D eigenvalue weighted by atomic mass is 9.96. The fraction of sp³-hybridized carbons (Fsp3) is 0.364. The minimum atomic E-state index is 0.239. The van der Waals surface area contributed by atoms with Crippen molar-refractivity contribution in [2.24, 2.45) is 0 Å². The maximum Gasteiger partial charge on any atom is 0.224 e. The smallest absolute Gasteiger partial charge is 0.224 e. The van der Waals surface area contributed by atoms with Gasteiger partial charge in [0.2, 0.25) is 6.54 Å². The second-order valence-electron chi connectivity index (χ2n) is 3.46. The first kappa shape index (κ1) is 7.36. The van der Waals surface area contributed by atoms with Gasteiger partial charge in [-0.3, -0.25) is 0 Å². The van der Waals surface area contributed by atoms with E-state index in [-0.39, 0.29) is 5.41 Å². The quantitative estimate of drug-likeness (QED) is 0.581. The van der Waals surface area contributed by atoms with Gasteiger partial charge in [-0.1, -0.05) is 30.3 Å². The Morgan fingerprint density at radius 3 is 2.42 bits per heavy atom. The van der Waals surface area contributed by atoms with Gasteiger partial charge in [0, 0.05) is 0 Å². The van der Waals surface area contributed by atoms with Crippen LogP contribution >= 0.6 is 0 Å². The molecule has 0 aromatic heterocycles. The zero-order valence-corrected chi connectivity index (χ0v) is 6.96. The van der Waals surface area contributed by atoms with Crippen LogP contribution in [0.2, 0.25) is 0 Å². The highest BCUT2D eigenvalue weighted by Gasteiger charge is 2.47. The molecule has 0 radical (unpaired) electrons. The van der Waals surface area contributed by atoms with Gasteiger partial charge in [-0.25, -0.2) is 6.57 Å². The molecular formula is C11H11N. The third-order valence-electron chi connectivity index (χ3n) is 2.62. The molecule has 0 amide bonds. The third kappa shape index (κ3) is 1.10. The Labute approximate surface area is 72.9 Å². The van der Waals surface area contributed by atoms with Crippen molar-refractivity contribution in [1.29, 1.82) is 0 Å². The summed E-state index contributed by atoms with van der Waals surface area (Å²) in [5.74, 6) is 0. The summed E-state index contributed by atoms with van der Waals surface area (Å²) >= 11 is 0. The number of rotatable bonds is 2. The molecule has 1 aromatic rings. The van der Waals surface area contributed by atoms with Gasteiger partial charge >= 0.3 is 0 Å². The van der Waals surface area contributed by atoms with Gasteiger partial charge in [0.1, 0.15) is 0 Å². The van der Waals surface area contributed by atoms with E-state index in [0.717, 1.165) is 0 Å². The summed E-state index contributed by atoms with van der Waals surface area (Å²) in [6.07, 6.45) is 2.39. The largest absolute Gasteiger partial charge is 0.316 e. The summed E-state index contributed by atoms with van der Waals surface area (Å²) in [5.41, 5.74) is 1.59. The minimum absolute atomic E-state index is 0.239. The molecule has 0 aliphatic heterocycles. The molecule has 1 saturated carbocycles. The molecule has 0 saturated heterocycles. The normalized spacial score (nSPS) is 18.2. The molecule has 1 aliphatic rings. The summed E-state index contributed by atoms with van der Waals surface area (Å²) in [5, 5.41) is 0. The number of benzene rings is 1. The standard InChI is InChI=1S/C11H11N/c1-12-9-11(7-8-11)10-5-3-2-4-6-10/h2-6H,7-9H2. The van der Waals surface area contributed by atoms with E-state index in [4.69, 9.17) is 6.57 Å². The van der Waals surface area contributed by atoms with Crippen LogP contribution in [0, 0.1) is 6.57 Å². The van der Waals surface area contributed by atoms with Crippen LogP contribution in [0.4, 0.5) is 0 Å². The van der Waals surface area contributed by atoms with E-state index in [1.807, 2.05) is 6.07 Å². The molecule has 0 spiro atoms. The van der Waals surface area contributed by atoms with Crippen LogP contribution in [0.3, 0.4) is 0 Å². The Hall–Kier alpha value is -1.29. The maximum atomic E-state index is 6.87. The van der Waals surface area contributed by atoms with Crippen molar-refractivity contribution < 1.29 is 0 Å². The molecule has 0 bridgehead atoms. The van der Waals surface area contributed by atoms with Crippen molar-refractivity contribution in [3.63, 3.8) is 0 Å². The van der Waals surface area contributed by atoms with Gasteiger partial charge in [-0.05, 0) is 18.4 Å². The second kappa shape index (κ2) is 2.64. The van der Waals surface area contributed by atoms with Crippen molar-refractivity contribution in [2.75, 3.05) is 6.54 Å². The molecule has 1 heteroatoms. The van der Waals surface area contributed by atoms with Crippen LogP contribution in [0.25, 0.3) is 4.85 Å². The molecule has 0 heterocycles. The van der Waals surface area contributed by atoms with Crippen LogP contribution in [0.5, 0.6) is 0 Å². The van der Waals surface area contributed by atoms with Gasteiger partial charge in [0.15, 0.2) is 0 Å². The summed E-state index contributed by atoms with van der Waals surface area (Å²) < 4.78 is 0. The summed E-state index contributed by atoms with van der Waals surface area (Å²) in [6.45, 7) is 7.54. The molecule has 1 fully saturated rings. The van der Waals surface area contributed by atoms with E-state index in [9.17, 15) is 0 Å². The number of nitrogens with zero attached hydrogens (tertiary/aromatic N) is 1. The molecule has 1 nitrogen and oxygen atoms in total. The lowest BCUT2D eigenvalue weighted by molar-refractivity contribution is 0.758. The Morgan fingerprint density at radius 1 is 1.25 bits per heavy atom. The minimum Gasteiger partial charge on any atom is -0.316 e. The van der Waals surface area contributed by atoms with Crippen LogP contribution in [0.1, 0.15) is 18.4 Å². The second-order valence-corrected chi connectivity index (χ2v) is 3.46. The molecule has 0 N–H and O–H groups in total. The van der Waals surface area contributed by atoms with Crippen molar-refractivity contribution >= 4 is 0 Å². The Morgan fingerprint density at radius 2 is 1.92 bits per heavy atom. The van der Waals surface area contributed by atoms with E-state index < -0.39 is 0 Å². The molecule has 0 atom stereocenters. The molecule has 60 valence electrons. The SMILES string of the molecule is [C-]#[N+]CC1(c2ccccc2)CC1. The van der Waals surface area contributed by atoms with Crippen LogP contribution < -0.4 is 0 Å². The maximum absolute atomic E-state index is 6.87. The van der Waals surface area contributed by atoms with E-state index >= 15 is 0 Å². The predicted molar refractivity (Wildman–Crippen MR) is 48.8 cm³/mol. The van der Waals surface area contributed by atoms with Crippen LogP contribution in [-0.2, 0) is 5.41 Å². The summed E-state index contributed by atoms with van der Waals surface area (Å²) in [7, 11) is 0. The van der Waals surface area contributed by atoms with Crippen molar-refractivity contribution in [3.8, 4) is 0 Å². The first-order chi connectivity index (χ1) is 5.87. The van der Waals surface area contributed by atoms with Gasteiger partial charge in [0.25, 0.3) is 0 Å². The van der Waals surface area contributed by atoms with Crippen molar-refractivity contribution in [1.82, 2.24) is 0 Å². The Kier molecular flexibility index (Phi) is 1.62. The molecule has 12 heavy (non-hydrogen) atoms. The van der Waals surface area contributed by atoms with E-state index in [2.05, 4.69) is 29.1 Å². The average Bonchev–Trinajstić information content (AvgIpc) is 2.88. The number of hydrogen-bond acceptors (Lipinski definition) is 0. The van der Waals surface area contributed by atoms with E-state index in [1.54, 1.807) is 0 Å². The lowest BCUT2D eigenvalue weighted by Crippen LogP contribution is -2.08. The van der Waals surface area contributed by atoms with E-state index in [1.165, 1.54) is 18.4 Å². The molecule has 1 aliphatic carbocycles. The monoisotopic (exact) mass is 157 g/mol. The number of hydrogen-bond donors (Lipinski definition) is 0. The predicted octanol–water partition coefficient (Wildman–Crippen LogP) is 2.64. The van der Waals surface area contributed by atoms with Crippen molar-refractivity contribution in [3.05, 3.63) is 47.3 Å². The highest BCUT2D eigenvalue weighted by atomic mass is 14.7.